The molecule has 2 rings (SSSR count). The summed E-state index contributed by atoms with van der Waals surface area (Å²) in [7, 11) is 0. The molecule has 0 aliphatic heterocycles. The number of nitrogens with one attached hydrogen (secondary N) is 1. The number of ketones is 1. The van der Waals surface area contributed by atoms with E-state index in [1.54, 1.807) is 24.5 Å². The Balaban J connectivity index is 1.96. The van der Waals surface area contributed by atoms with E-state index < -0.39 is 17.5 Å². The number of aromatic nitrogens is 1. The van der Waals surface area contributed by atoms with Crippen LogP contribution < -0.4 is 5.32 Å². The minimum atomic E-state index is -0.719. The van der Waals surface area contributed by atoms with Crippen molar-refractivity contribution in [3.63, 3.8) is 0 Å². The lowest BCUT2D eigenvalue weighted by Gasteiger charge is -2.04. The number of amides is 1. The maximum atomic E-state index is 12.7. The van der Waals surface area contributed by atoms with E-state index in [0.29, 0.717) is 0 Å². The Morgan fingerprint density at radius 2 is 1.68 bits per heavy atom. The van der Waals surface area contributed by atoms with Gasteiger partial charge in [-0.2, -0.15) is 0 Å². The Labute approximate surface area is 109 Å². The summed E-state index contributed by atoms with van der Waals surface area (Å²) in [5.74, 6) is -1.86. The molecule has 0 saturated carbocycles. The third-order valence-electron chi connectivity index (χ3n) is 2.52. The maximum Gasteiger partial charge on any atom is 0.292 e. The highest BCUT2D eigenvalue weighted by Crippen LogP contribution is 2.04. The van der Waals surface area contributed by atoms with Crippen molar-refractivity contribution >= 4 is 11.7 Å². The molecule has 0 unspecified atom stereocenters. The number of Topliss-reactive ketones (excluding diaryl/α,β-unsaturated/α-hetero) is 1. The van der Waals surface area contributed by atoms with Crippen LogP contribution >= 0.6 is 0 Å². The van der Waals surface area contributed by atoms with Gasteiger partial charge in [0, 0.05) is 24.5 Å². The molecule has 1 N–H and O–H groups in total. The number of hydrogen-bond acceptors (Lipinski definition) is 3. The SMILES string of the molecule is O=C(NCc1ccncc1)C(=O)c1ccc(F)cc1. The number of nitrogens with zero attached hydrogens (tertiary/aromatic N) is 1. The minimum Gasteiger partial charge on any atom is -0.345 e. The molecule has 0 atom stereocenters. The van der Waals surface area contributed by atoms with Crippen molar-refractivity contribution in [1.82, 2.24) is 10.3 Å². The molecular weight excluding hydrogens is 247 g/mol. The zero-order valence-corrected chi connectivity index (χ0v) is 9.97. The highest BCUT2D eigenvalue weighted by Gasteiger charge is 2.15. The van der Waals surface area contributed by atoms with Gasteiger partial charge in [-0.1, -0.05) is 0 Å². The average molecular weight is 258 g/mol. The molecule has 1 aromatic heterocycles. The molecule has 0 bridgehead atoms. The van der Waals surface area contributed by atoms with E-state index >= 15 is 0 Å². The molecule has 0 aliphatic rings. The first-order chi connectivity index (χ1) is 9.16. The van der Waals surface area contributed by atoms with Gasteiger partial charge in [0.25, 0.3) is 5.91 Å². The predicted molar refractivity (Wildman–Crippen MR) is 66.8 cm³/mol. The summed E-state index contributed by atoms with van der Waals surface area (Å²) in [4.78, 5) is 27.2. The van der Waals surface area contributed by atoms with E-state index in [1.165, 1.54) is 12.1 Å². The second-order valence-electron chi connectivity index (χ2n) is 3.87. The summed E-state index contributed by atoms with van der Waals surface area (Å²) >= 11 is 0. The van der Waals surface area contributed by atoms with Crippen LogP contribution in [0.3, 0.4) is 0 Å². The van der Waals surface area contributed by atoms with Crippen LogP contribution in [0.4, 0.5) is 4.39 Å². The Morgan fingerprint density at radius 3 is 2.32 bits per heavy atom. The van der Waals surface area contributed by atoms with Crippen molar-refractivity contribution in [1.29, 1.82) is 0 Å². The highest BCUT2D eigenvalue weighted by atomic mass is 19.1. The van der Waals surface area contributed by atoms with E-state index in [9.17, 15) is 14.0 Å². The number of halogens is 1. The quantitative estimate of drug-likeness (QED) is 0.671. The Bertz CT molecular complexity index is 582. The molecule has 0 aliphatic carbocycles. The molecular formula is C14H11FN2O2. The summed E-state index contributed by atoms with van der Waals surface area (Å²) in [5.41, 5.74) is 1.00. The maximum absolute atomic E-state index is 12.7. The monoisotopic (exact) mass is 258 g/mol. The van der Waals surface area contributed by atoms with Crippen LogP contribution in [0.15, 0.2) is 48.8 Å². The normalized spacial score (nSPS) is 9.95. The van der Waals surface area contributed by atoms with Crippen molar-refractivity contribution in [2.45, 2.75) is 6.54 Å². The number of benzene rings is 1. The summed E-state index contributed by atoms with van der Waals surface area (Å²) < 4.78 is 12.7. The Hall–Kier alpha value is -2.56. The minimum absolute atomic E-state index is 0.161. The first-order valence-corrected chi connectivity index (χ1v) is 5.64. The van der Waals surface area contributed by atoms with Crippen molar-refractivity contribution in [2.24, 2.45) is 0 Å². The van der Waals surface area contributed by atoms with Gasteiger partial charge in [0.05, 0.1) is 0 Å². The van der Waals surface area contributed by atoms with Crippen LogP contribution in [0.1, 0.15) is 15.9 Å². The van der Waals surface area contributed by atoms with Crippen LogP contribution in [0.5, 0.6) is 0 Å². The predicted octanol–water partition coefficient (Wildman–Crippen LogP) is 1.72. The number of rotatable bonds is 4. The molecule has 0 spiro atoms. The van der Waals surface area contributed by atoms with Gasteiger partial charge in [-0.3, -0.25) is 14.6 Å². The smallest absolute Gasteiger partial charge is 0.292 e. The molecule has 1 amide bonds. The lowest BCUT2D eigenvalue weighted by atomic mass is 10.1. The van der Waals surface area contributed by atoms with E-state index in [4.69, 9.17) is 0 Å². The zero-order valence-electron chi connectivity index (χ0n) is 9.97. The van der Waals surface area contributed by atoms with E-state index in [2.05, 4.69) is 10.3 Å². The van der Waals surface area contributed by atoms with Gasteiger partial charge < -0.3 is 5.32 Å². The second-order valence-corrected chi connectivity index (χ2v) is 3.87. The lowest BCUT2D eigenvalue weighted by Crippen LogP contribution is -2.30. The number of hydrogen-bond donors (Lipinski definition) is 1. The molecule has 96 valence electrons. The van der Waals surface area contributed by atoms with Crippen LogP contribution in [-0.2, 0) is 11.3 Å². The fourth-order valence-electron chi connectivity index (χ4n) is 1.50. The first-order valence-electron chi connectivity index (χ1n) is 5.64. The number of pyridine rings is 1. The van der Waals surface area contributed by atoms with E-state index in [0.717, 1.165) is 17.7 Å². The molecule has 2 aromatic rings. The topological polar surface area (TPSA) is 59.1 Å². The van der Waals surface area contributed by atoms with E-state index in [1.807, 2.05) is 0 Å². The van der Waals surface area contributed by atoms with Gasteiger partial charge in [0.2, 0.25) is 5.78 Å². The molecule has 1 aromatic carbocycles. The molecule has 1 heterocycles. The Kier molecular flexibility index (Phi) is 3.97. The third kappa shape index (κ3) is 3.45. The van der Waals surface area contributed by atoms with Crippen LogP contribution in [-0.4, -0.2) is 16.7 Å². The first kappa shape index (κ1) is 12.9. The molecule has 0 radical (unpaired) electrons. The lowest BCUT2D eigenvalue weighted by molar-refractivity contribution is -0.117. The molecule has 0 saturated heterocycles. The summed E-state index contributed by atoms with van der Waals surface area (Å²) in [6, 6.07) is 8.32. The largest absolute Gasteiger partial charge is 0.345 e. The molecule has 0 fully saturated rings. The highest BCUT2D eigenvalue weighted by molar-refractivity contribution is 6.42. The standard InChI is InChI=1S/C14H11FN2O2/c15-12-3-1-11(2-4-12)13(18)14(19)17-9-10-5-7-16-8-6-10/h1-8H,9H2,(H,17,19). The summed E-state index contributed by atoms with van der Waals surface area (Å²) in [6.45, 7) is 0.244. The number of carbonyl (C=O) groups is 2. The van der Waals surface area contributed by atoms with Gasteiger partial charge in [0.1, 0.15) is 5.82 Å². The average Bonchev–Trinajstić information content (AvgIpc) is 2.46. The molecule has 4 nitrogen and oxygen atoms in total. The fourth-order valence-corrected chi connectivity index (χ4v) is 1.50. The zero-order chi connectivity index (χ0) is 13.7. The van der Waals surface area contributed by atoms with E-state index in [-0.39, 0.29) is 12.1 Å². The fraction of sp³-hybridized carbons (Fsp3) is 0.0714. The van der Waals surface area contributed by atoms with Gasteiger partial charge in [-0.25, -0.2) is 4.39 Å². The summed E-state index contributed by atoms with van der Waals surface area (Å²) in [5, 5.41) is 2.50. The second kappa shape index (κ2) is 5.86. The van der Waals surface area contributed by atoms with Crippen molar-refractivity contribution < 1.29 is 14.0 Å². The Morgan fingerprint density at radius 1 is 1.05 bits per heavy atom. The van der Waals surface area contributed by atoms with Crippen LogP contribution in [0.2, 0.25) is 0 Å². The van der Waals surface area contributed by atoms with Gasteiger partial charge in [-0.15, -0.1) is 0 Å². The molecule has 19 heavy (non-hydrogen) atoms. The number of carbonyl (C=O) groups excluding carboxylic acids is 2. The summed E-state index contributed by atoms with van der Waals surface area (Å²) in [6.07, 6.45) is 3.20. The van der Waals surface area contributed by atoms with Crippen molar-refractivity contribution in [3.05, 3.63) is 65.7 Å². The molecule has 5 heteroatoms. The third-order valence-corrected chi connectivity index (χ3v) is 2.52. The van der Waals surface area contributed by atoms with Crippen molar-refractivity contribution in [2.75, 3.05) is 0 Å². The van der Waals surface area contributed by atoms with Gasteiger partial charge in [0.15, 0.2) is 0 Å². The van der Waals surface area contributed by atoms with Crippen LogP contribution in [0, 0.1) is 5.82 Å². The van der Waals surface area contributed by atoms with Crippen molar-refractivity contribution in [3.8, 4) is 0 Å². The van der Waals surface area contributed by atoms with Crippen LogP contribution in [0.25, 0.3) is 0 Å². The van der Waals surface area contributed by atoms with Gasteiger partial charge >= 0.3 is 0 Å². The van der Waals surface area contributed by atoms with Gasteiger partial charge in [-0.05, 0) is 42.0 Å².